The molecule has 0 spiro atoms. The number of ether oxygens (including phenoxy) is 4. The van der Waals surface area contributed by atoms with Crippen molar-refractivity contribution in [2.45, 2.75) is 25.3 Å². The summed E-state index contributed by atoms with van der Waals surface area (Å²) >= 11 is 0. The van der Waals surface area contributed by atoms with E-state index in [1.807, 2.05) is 41.3 Å². The van der Waals surface area contributed by atoms with Crippen molar-refractivity contribution >= 4 is 24.2 Å². The molecule has 9 nitrogen and oxygen atoms in total. The highest BCUT2D eigenvalue weighted by Gasteiger charge is 2.33. The monoisotopic (exact) mass is 661 g/mol. The second-order valence-electron chi connectivity index (χ2n) is 11.2. The molecule has 8 bridgehead atoms. The first kappa shape index (κ1) is 33.6. The molecule has 1 unspecified atom stereocenters. The molecular weight excluding hydrogens is 625 g/mol. The molecule has 3 aliphatic heterocycles. The number of hydrogen-bond donors (Lipinski definition) is 2. The maximum absolute atomic E-state index is 14.8. The van der Waals surface area contributed by atoms with Crippen molar-refractivity contribution in [1.29, 1.82) is 0 Å². The predicted octanol–water partition coefficient (Wildman–Crippen LogP) is 5.62. The fourth-order valence-electron chi connectivity index (χ4n) is 5.88. The Morgan fingerprint density at radius 3 is 2.74 bits per heavy atom. The lowest BCUT2D eigenvalue weighted by atomic mass is 9.87. The molecule has 0 saturated heterocycles. The molecule has 3 N–H and O–H groups in total. The number of rotatable bonds is 5. The highest BCUT2D eigenvalue weighted by molar-refractivity contribution is 5.95. The van der Waals surface area contributed by atoms with Crippen LogP contribution < -0.4 is 30.0 Å². The van der Waals surface area contributed by atoms with E-state index in [-0.39, 0.29) is 43.0 Å². The average Bonchev–Trinajstić information content (AvgIpc) is 3.07. The van der Waals surface area contributed by atoms with E-state index in [9.17, 15) is 14.0 Å². The van der Waals surface area contributed by atoms with E-state index in [0.717, 1.165) is 16.7 Å². The van der Waals surface area contributed by atoms with Crippen LogP contribution >= 0.6 is 12.4 Å². The van der Waals surface area contributed by atoms with Crippen LogP contribution in [0.2, 0.25) is 0 Å². The SMILES string of the molecule is COc1ccc(C(=O)N2CCc3cc4ccc3C2c2cccc(c2)OCCCNC(=O)Cc2ccc(F)c(c2)O4)cc1OCCN.Cl. The number of nitrogens with two attached hydrogens (primary N) is 1. The zero-order chi connectivity index (χ0) is 32.0. The Morgan fingerprint density at radius 2 is 1.91 bits per heavy atom. The van der Waals surface area contributed by atoms with Gasteiger partial charge in [0.05, 0.1) is 26.2 Å². The summed E-state index contributed by atoms with van der Waals surface area (Å²) in [5.74, 6) is 1.26. The van der Waals surface area contributed by atoms with Gasteiger partial charge in [0.2, 0.25) is 5.91 Å². The fourth-order valence-corrected chi connectivity index (χ4v) is 5.88. The molecule has 4 aromatic carbocycles. The minimum Gasteiger partial charge on any atom is -0.494 e. The summed E-state index contributed by atoms with van der Waals surface area (Å²) in [6.45, 7) is 1.85. The van der Waals surface area contributed by atoms with Gasteiger partial charge in [-0.3, -0.25) is 9.59 Å². The van der Waals surface area contributed by atoms with Gasteiger partial charge in [-0.2, -0.15) is 0 Å². The average molecular weight is 662 g/mol. The Kier molecular flexibility index (Phi) is 10.8. The molecule has 0 fully saturated rings. The Morgan fingerprint density at radius 1 is 1.04 bits per heavy atom. The van der Waals surface area contributed by atoms with Gasteiger partial charge in [-0.05, 0) is 89.7 Å². The second kappa shape index (κ2) is 15.2. The largest absolute Gasteiger partial charge is 0.494 e. The Hall–Kier alpha value is -4.80. The third-order valence-corrected chi connectivity index (χ3v) is 8.06. The molecule has 4 aromatic rings. The highest BCUT2D eigenvalue weighted by Crippen LogP contribution is 2.40. The van der Waals surface area contributed by atoms with Crippen LogP contribution in [-0.2, 0) is 17.6 Å². The summed E-state index contributed by atoms with van der Waals surface area (Å²) in [6, 6.07) is 22.5. The van der Waals surface area contributed by atoms with E-state index in [2.05, 4.69) is 5.32 Å². The Balaban J connectivity index is 0.00000433. The van der Waals surface area contributed by atoms with Gasteiger partial charge < -0.3 is 34.9 Å². The number of benzene rings is 4. The highest BCUT2D eigenvalue weighted by atomic mass is 35.5. The molecule has 7 rings (SSSR count). The molecule has 3 heterocycles. The molecule has 47 heavy (non-hydrogen) atoms. The summed E-state index contributed by atoms with van der Waals surface area (Å²) in [5.41, 5.74) is 9.53. The standard InChI is InChI=1S/C36H36FN3O6.ClH/c1-43-31-11-7-26(22-33(31)45-17-13-38)36(42)40-15-12-24-20-28-8-9-29(24)35(40)25-4-2-5-27(21-25)44-16-3-14-39-34(41)19-23-6-10-30(37)32(18-23)46-28;/h2,4-11,18,20-22,35H,3,12-17,19,38H2,1H3,(H,39,41);1H. The summed E-state index contributed by atoms with van der Waals surface area (Å²) in [4.78, 5) is 28.6. The van der Waals surface area contributed by atoms with Crippen molar-refractivity contribution in [2.75, 3.05) is 40.0 Å². The number of hydrogen-bond acceptors (Lipinski definition) is 7. The topological polar surface area (TPSA) is 112 Å². The van der Waals surface area contributed by atoms with Crippen LogP contribution in [0.3, 0.4) is 0 Å². The van der Waals surface area contributed by atoms with Gasteiger partial charge in [-0.25, -0.2) is 4.39 Å². The van der Waals surface area contributed by atoms with Crippen LogP contribution in [0, 0.1) is 5.82 Å². The molecule has 11 heteroatoms. The van der Waals surface area contributed by atoms with Crippen molar-refractivity contribution in [3.05, 3.63) is 112 Å². The first-order chi connectivity index (χ1) is 22.4. The number of carbonyl (C=O) groups excluding carboxylic acids is 2. The summed E-state index contributed by atoms with van der Waals surface area (Å²) in [5, 5.41) is 2.89. The summed E-state index contributed by atoms with van der Waals surface area (Å²) in [6.07, 6.45) is 1.25. The number of halogens is 2. The van der Waals surface area contributed by atoms with Gasteiger partial charge >= 0.3 is 0 Å². The van der Waals surface area contributed by atoms with E-state index in [0.29, 0.717) is 73.2 Å². The molecule has 1 atom stereocenters. The molecule has 0 radical (unpaired) electrons. The lowest BCUT2D eigenvalue weighted by molar-refractivity contribution is -0.120. The van der Waals surface area contributed by atoms with Crippen molar-refractivity contribution in [3.63, 3.8) is 0 Å². The van der Waals surface area contributed by atoms with E-state index >= 15 is 0 Å². The zero-order valence-corrected chi connectivity index (χ0v) is 26.8. The molecule has 0 aliphatic carbocycles. The maximum atomic E-state index is 14.8. The molecule has 0 aromatic heterocycles. The quantitative estimate of drug-likeness (QED) is 0.286. The molecule has 0 saturated carbocycles. The van der Waals surface area contributed by atoms with Gasteiger partial charge in [0.1, 0.15) is 18.1 Å². The van der Waals surface area contributed by atoms with Crippen LogP contribution in [-0.4, -0.2) is 56.7 Å². The molecular formula is C36H37ClFN3O6. The Labute approximate surface area is 279 Å². The van der Waals surface area contributed by atoms with E-state index in [4.69, 9.17) is 24.7 Å². The smallest absolute Gasteiger partial charge is 0.254 e. The van der Waals surface area contributed by atoms with Crippen molar-refractivity contribution in [1.82, 2.24) is 10.2 Å². The number of fused-ring (bicyclic) bond motifs is 7. The first-order valence-electron chi connectivity index (χ1n) is 15.3. The minimum atomic E-state index is -0.523. The van der Waals surface area contributed by atoms with Gasteiger partial charge in [-0.15, -0.1) is 12.4 Å². The maximum Gasteiger partial charge on any atom is 0.254 e. The van der Waals surface area contributed by atoms with Crippen molar-refractivity contribution in [3.8, 4) is 28.7 Å². The second-order valence-corrected chi connectivity index (χ2v) is 11.2. The number of nitrogens with one attached hydrogen (secondary N) is 1. The van der Waals surface area contributed by atoms with Crippen LogP contribution in [0.1, 0.15) is 45.1 Å². The fraction of sp³-hybridized carbons (Fsp3) is 0.278. The lowest BCUT2D eigenvalue weighted by Crippen LogP contribution is -2.40. The predicted molar refractivity (Wildman–Crippen MR) is 178 cm³/mol. The Bertz CT molecular complexity index is 1750. The summed E-state index contributed by atoms with van der Waals surface area (Å²) in [7, 11) is 1.55. The van der Waals surface area contributed by atoms with Gasteiger partial charge in [0, 0.05) is 25.2 Å². The van der Waals surface area contributed by atoms with Crippen molar-refractivity contribution in [2.24, 2.45) is 5.73 Å². The third kappa shape index (κ3) is 7.61. The van der Waals surface area contributed by atoms with Crippen LogP contribution in [0.5, 0.6) is 28.7 Å². The minimum absolute atomic E-state index is 0. The zero-order valence-electron chi connectivity index (χ0n) is 26.0. The molecule has 2 amide bonds. The summed E-state index contributed by atoms with van der Waals surface area (Å²) < 4.78 is 38.1. The molecule has 246 valence electrons. The lowest BCUT2D eigenvalue weighted by Gasteiger charge is -2.38. The van der Waals surface area contributed by atoms with Crippen LogP contribution in [0.25, 0.3) is 0 Å². The van der Waals surface area contributed by atoms with E-state index < -0.39 is 11.9 Å². The molecule has 3 aliphatic rings. The first-order valence-corrected chi connectivity index (χ1v) is 15.3. The van der Waals surface area contributed by atoms with Gasteiger partial charge in [-0.1, -0.05) is 24.3 Å². The van der Waals surface area contributed by atoms with Gasteiger partial charge in [0.15, 0.2) is 23.1 Å². The van der Waals surface area contributed by atoms with Crippen molar-refractivity contribution < 1.29 is 32.9 Å². The van der Waals surface area contributed by atoms with Crippen LogP contribution in [0.4, 0.5) is 4.39 Å². The van der Waals surface area contributed by atoms with Gasteiger partial charge in [0.25, 0.3) is 5.91 Å². The van der Waals surface area contributed by atoms with Crippen LogP contribution in [0.15, 0.2) is 78.9 Å². The number of nitrogens with zero attached hydrogens (tertiary/aromatic N) is 1. The number of carbonyl (C=O) groups is 2. The van der Waals surface area contributed by atoms with E-state index in [1.165, 1.54) is 6.07 Å². The third-order valence-electron chi connectivity index (χ3n) is 8.06. The van der Waals surface area contributed by atoms with E-state index in [1.54, 1.807) is 43.5 Å². The normalized spacial score (nSPS) is 15.9. The number of amides is 2. The number of methoxy groups -OCH3 is 1.